The normalized spacial score (nSPS) is 14.8. The van der Waals surface area contributed by atoms with Gasteiger partial charge in [-0.3, -0.25) is 4.98 Å². The van der Waals surface area contributed by atoms with Crippen LogP contribution in [0, 0.1) is 6.92 Å². The summed E-state index contributed by atoms with van der Waals surface area (Å²) in [4.78, 5) is 4.54. The van der Waals surface area contributed by atoms with Crippen LogP contribution < -0.4 is 5.32 Å². The number of hydrogen-bond acceptors (Lipinski definition) is 5. The van der Waals surface area contributed by atoms with E-state index in [0.717, 1.165) is 60.5 Å². The Morgan fingerprint density at radius 3 is 2.67 bits per heavy atom. The van der Waals surface area contributed by atoms with Crippen LogP contribution in [0.25, 0.3) is 0 Å². The molecule has 0 aromatic carbocycles. The topological polar surface area (TPSA) is 55.6 Å². The molecule has 0 atom stereocenters. The maximum absolute atomic E-state index is 4.54. The van der Waals surface area contributed by atoms with E-state index in [-0.39, 0.29) is 24.8 Å². The van der Waals surface area contributed by atoms with E-state index in [9.17, 15) is 0 Å². The first-order chi connectivity index (χ1) is 10.7. The van der Waals surface area contributed by atoms with Crippen molar-refractivity contribution in [3.8, 4) is 0 Å². The Morgan fingerprint density at radius 2 is 1.96 bits per heavy atom. The predicted molar refractivity (Wildman–Crippen MR) is 104 cm³/mol. The van der Waals surface area contributed by atoms with Gasteiger partial charge in [0, 0.05) is 30.1 Å². The Balaban J connectivity index is 0.00000144. The maximum Gasteiger partial charge on any atom is 0.190 e. The fourth-order valence-electron chi connectivity index (χ4n) is 2.87. The fourth-order valence-corrected chi connectivity index (χ4v) is 3.75. The summed E-state index contributed by atoms with van der Waals surface area (Å²) in [5.74, 6) is 2.67. The summed E-state index contributed by atoms with van der Waals surface area (Å²) in [7, 11) is 2.09. The van der Waals surface area contributed by atoms with Gasteiger partial charge in [-0.25, -0.2) is 0 Å². The van der Waals surface area contributed by atoms with E-state index in [0.29, 0.717) is 5.92 Å². The summed E-state index contributed by atoms with van der Waals surface area (Å²) in [5.41, 5.74) is 2.22. The summed E-state index contributed by atoms with van der Waals surface area (Å²) >= 11 is 1.77. The Hall–Kier alpha value is -0.820. The van der Waals surface area contributed by atoms with Crippen molar-refractivity contribution in [2.45, 2.75) is 37.3 Å². The first kappa shape index (κ1) is 21.2. The van der Waals surface area contributed by atoms with Crippen LogP contribution in [0.4, 0.5) is 0 Å². The molecular weight excluding hydrogens is 365 g/mol. The van der Waals surface area contributed by atoms with Crippen LogP contribution in [0.3, 0.4) is 0 Å². The van der Waals surface area contributed by atoms with Gasteiger partial charge in [0.15, 0.2) is 5.16 Å². The minimum Gasteiger partial charge on any atom is -0.317 e. The van der Waals surface area contributed by atoms with Gasteiger partial charge in [0.2, 0.25) is 0 Å². The Morgan fingerprint density at radius 1 is 1.21 bits per heavy atom. The van der Waals surface area contributed by atoms with Gasteiger partial charge < -0.3 is 9.88 Å². The second-order valence-corrected chi connectivity index (χ2v) is 6.85. The molecule has 0 amide bonds. The predicted octanol–water partition coefficient (Wildman–Crippen LogP) is 3.16. The van der Waals surface area contributed by atoms with E-state index in [1.165, 1.54) is 0 Å². The maximum atomic E-state index is 4.54. The average molecular weight is 390 g/mol. The zero-order chi connectivity index (χ0) is 15.4. The summed E-state index contributed by atoms with van der Waals surface area (Å²) in [6, 6.07) is 6.19. The number of rotatable bonds is 5. The van der Waals surface area contributed by atoms with Gasteiger partial charge in [-0.1, -0.05) is 17.8 Å². The molecular formula is C16H25Cl2N5S. The molecule has 5 nitrogen and oxygen atoms in total. The van der Waals surface area contributed by atoms with Crippen LogP contribution in [-0.4, -0.2) is 38.6 Å². The van der Waals surface area contributed by atoms with E-state index in [4.69, 9.17) is 0 Å². The fraction of sp³-hybridized carbons (Fsp3) is 0.562. The van der Waals surface area contributed by atoms with Crippen molar-refractivity contribution in [2.24, 2.45) is 7.05 Å². The van der Waals surface area contributed by atoms with Crippen LogP contribution in [0.1, 0.15) is 36.0 Å². The summed E-state index contributed by atoms with van der Waals surface area (Å²) in [5, 5.41) is 13.2. The first-order valence-corrected chi connectivity index (χ1v) is 8.88. The quantitative estimate of drug-likeness (QED) is 0.795. The molecule has 134 valence electrons. The third-order valence-corrected chi connectivity index (χ3v) is 5.13. The molecule has 3 heterocycles. The molecule has 8 heteroatoms. The molecule has 0 unspecified atom stereocenters. The lowest BCUT2D eigenvalue weighted by Gasteiger charge is -2.21. The highest BCUT2D eigenvalue weighted by molar-refractivity contribution is 7.99. The van der Waals surface area contributed by atoms with Crippen LogP contribution in [0.2, 0.25) is 0 Å². The van der Waals surface area contributed by atoms with Crippen LogP contribution in [0.5, 0.6) is 0 Å². The van der Waals surface area contributed by atoms with Crippen molar-refractivity contribution >= 4 is 36.6 Å². The molecule has 1 aliphatic rings. The molecule has 3 rings (SSSR count). The van der Waals surface area contributed by atoms with Gasteiger partial charge in [0.05, 0.1) is 0 Å². The van der Waals surface area contributed by atoms with Crippen molar-refractivity contribution in [3.63, 3.8) is 0 Å². The van der Waals surface area contributed by atoms with Gasteiger partial charge >= 0.3 is 0 Å². The largest absolute Gasteiger partial charge is 0.317 e. The molecule has 1 aliphatic heterocycles. The second kappa shape index (κ2) is 10.2. The van der Waals surface area contributed by atoms with Gasteiger partial charge in [-0.05, 0) is 51.4 Å². The zero-order valence-corrected chi connectivity index (χ0v) is 16.5. The second-order valence-electron chi connectivity index (χ2n) is 5.79. The lowest BCUT2D eigenvalue weighted by Crippen LogP contribution is -2.27. The summed E-state index contributed by atoms with van der Waals surface area (Å²) < 4.78 is 2.17. The Labute approximate surface area is 160 Å². The smallest absolute Gasteiger partial charge is 0.190 e. The zero-order valence-electron chi connectivity index (χ0n) is 14.1. The number of hydrogen-bond donors (Lipinski definition) is 1. The molecule has 2 aromatic rings. The number of thioether (sulfide) groups is 1. The minimum absolute atomic E-state index is 0. The highest BCUT2D eigenvalue weighted by Crippen LogP contribution is 2.26. The van der Waals surface area contributed by atoms with Crippen LogP contribution in [-0.2, 0) is 13.5 Å². The number of pyridine rings is 1. The summed E-state index contributed by atoms with van der Waals surface area (Å²) in [6.45, 7) is 4.20. The molecule has 24 heavy (non-hydrogen) atoms. The van der Waals surface area contributed by atoms with E-state index in [1.54, 1.807) is 11.8 Å². The molecule has 0 spiro atoms. The SMILES string of the molecule is Cc1cccc(CCSc2nnc(C3CCNCC3)n2C)n1.Cl.Cl. The molecule has 0 aliphatic carbocycles. The number of nitrogens with one attached hydrogen (secondary N) is 1. The number of halogens is 2. The monoisotopic (exact) mass is 389 g/mol. The van der Waals surface area contributed by atoms with Crippen LogP contribution in [0.15, 0.2) is 23.4 Å². The van der Waals surface area contributed by atoms with Crippen LogP contribution >= 0.6 is 36.6 Å². The van der Waals surface area contributed by atoms with Gasteiger partial charge in [0.25, 0.3) is 0 Å². The van der Waals surface area contributed by atoms with E-state index < -0.39 is 0 Å². The minimum atomic E-state index is 0. The Kier molecular flexibility index (Phi) is 9.05. The standard InChI is InChI=1S/C16H23N5S.2ClH/c1-12-4-3-5-14(18-12)8-11-22-16-20-19-15(21(16)2)13-6-9-17-10-7-13;;/h3-5,13,17H,6-11H2,1-2H3;2*1H. The van der Waals surface area contributed by atoms with Gasteiger partial charge in [0.1, 0.15) is 5.82 Å². The highest BCUT2D eigenvalue weighted by Gasteiger charge is 2.21. The highest BCUT2D eigenvalue weighted by atomic mass is 35.5. The number of nitrogens with zero attached hydrogens (tertiary/aromatic N) is 4. The number of aryl methyl sites for hydroxylation is 2. The molecule has 1 fully saturated rings. The third-order valence-electron chi connectivity index (χ3n) is 4.11. The molecule has 1 saturated heterocycles. The molecule has 0 radical (unpaired) electrons. The van der Waals surface area contributed by atoms with E-state index >= 15 is 0 Å². The van der Waals surface area contributed by atoms with Crippen molar-refractivity contribution in [2.75, 3.05) is 18.8 Å². The number of piperidine rings is 1. The lowest BCUT2D eigenvalue weighted by atomic mass is 9.97. The van der Waals surface area contributed by atoms with Crippen molar-refractivity contribution in [1.82, 2.24) is 25.1 Å². The van der Waals surface area contributed by atoms with Crippen molar-refractivity contribution in [3.05, 3.63) is 35.4 Å². The van der Waals surface area contributed by atoms with Gasteiger partial charge in [-0.2, -0.15) is 0 Å². The van der Waals surface area contributed by atoms with Crippen molar-refractivity contribution < 1.29 is 0 Å². The Bertz CT molecular complexity index is 629. The van der Waals surface area contributed by atoms with E-state index in [2.05, 4.69) is 44.2 Å². The number of aromatic nitrogens is 4. The molecule has 2 aromatic heterocycles. The average Bonchev–Trinajstić information content (AvgIpc) is 2.89. The lowest BCUT2D eigenvalue weighted by molar-refractivity contribution is 0.434. The van der Waals surface area contributed by atoms with Gasteiger partial charge in [-0.15, -0.1) is 35.0 Å². The van der Waals surface area contributed by atoms with E-state index in [1.807, 2.05) is 13.0 Å². The molecule has 0 saturated carbocycles. The third kappa shape index (κ3) is 5.34. The molecule has 1 N–H and O–H groups in total. The van der Waals surface area contributed by atoms with Crippen molar-refractivity contribution in [1.29, 1.82) is 0 Å². The summed E-state index contributed by atoms with van der Waals surface area (Å²) in [6.07, 6.45) is 3.27. The first-order valence-electron chi connectivity index (χ1n) is 7.89. The molecule has 0 bridgehead atoms.